The van der Waals surface area contributed by atoms with Gasteiger partial charge in [-0.2, -0.15) is 5.10 Å². The number of hydrazone groups is 1. The third-order valence-electron chi connectivity index (χ3n) is 2.84. The number of hydrogen-bond acceptors (Lipinski definition) is 4. The van der Waals surface area contributed by atoms with E-state index in [2.05, 4.69) is 10.5 Å². The van der Waals surface area contributed by atoms with Crippen molar-refractivity contribution < 1.29 is 14.3 Å². The van der Waals surface area contributed by atoms with Gasteiger partial charge in [0.2, 0.25) is 0 Å². The monoisotopic (exact) mass is 284 g/mol. The highest BCUT2D eigenvalue weighted by atomic mass is 16.5. The third-order valence-corrected chi connectivity index (χ3v) is 2.84. The van der Waals surface area contributed by atoms with Gasteiger partial charge in [-0.05, 0) is 30.3 Å². The molecule has 5 nitrogen and oxygen atoms in total. The van der Waals surface area contributed by atoms with Crippen LogP contribution in [-0.2, 0) is 0 Å². The normalized spacial score (nSPS) is 10.4. The summed E-state index contributed by atoms with van der Waals surface area (Å²) in [5, 5.41) is 3.94. The van der Waals surface area contributed by atoms with Crippen LogP contribution in [0.15, 0.2) is 53.6 Å². The van der Waals surface area contributed by atoms with E-state index in [4.69, 9.17) is 9.47 Å². The summed E-state index contributed by atoms with van der Waals surface area (Å²) in [4.78, 5) is 11.9. The fraction of sp³-hybridized carbons (Fsp3) is 0.125. The number of nitrogens with zero attached hydrogens (tertiary/aromatic N) is 1. The van der Waals surface area contributed by atoms with Crippen molar-refractivity contribution in [1.29, 1.82) is 0 Å². The molecule has 0 spiro atoms. The number of carbonyl (C=O) groups excluding carboxylic acids is 1. The van der Waals surface area contributed by atoms with E-state index in [-0.39, 0.29) is 5.91 Å². The molecule has 0 bridgehead atoms. The highest BCUT2D eigenvalue weighted by Gasteiger charge is 2.05. The van der Waals surface area contributed by atoms with E-state index in [1.165, 1.54) is 6.21 Å². The minimum atomic E-state index is -0.306. The van der Waals surface area contributed by atoms with Gasteiger partial charge in [-0.3, -0.25) is 4.79 Å². The largest absolute Gasteiger partial charge is 0.497 e. The quantitative estimate of drug-likeness (QED) is 0.677. The third kappa shape index (κ3) is 3.82. The molecule has 1 N–H and O–H groups in total. The minimum Gasteiger partial charge on any atom is -0.497 e. The van der Waals surface area contributed by atoms with Gasteiger partial charge in [0.15, 0.2) is 0 Å². The fourth-order valence-corrected chi connectivity index (χ4v) is 1.76. The second-order valence-electron chi connectivity index (χ2n) is 4.17. The van der Waals surface area contributed by atoms with Crippen molar-refractivity contribution in [2.75, 3.05) is 14.2 Å². The Kier molecular flexibility index (Phi) is 4.93. The zero-order chi connectivity index (χ0) is 15.1. The van der Waals surface area contributed by atoms with E-state index < -0.39 is 0 Å². The summed E-state index contributed by atoms with van der Waals surface area (Å²) in [7, 11) is 3.14. The topological polar surface area (TPSA) is 59.9 Å². The molecule has 2 aromatic rings. The van der Waals surface area contributed by atoms with Gasteiger partial charge in [-0.25, -0.2) is 5.43 Å². The number of carbonyl (C=O) groups is 1. The number of rotatable bonds is 5. The van der Waals surface area contributed by atoms with Crippen molar-refractivity contribution in [3.05, 3.63) is 59.7 Å². The van der Waals surface area contributed by atoms with Crippen LogP contribution >= 0.6 is 0 Å². The SMILES string of the molecule is COc1cccc(C(=O)NN=Cc2ccccc2OC)c1. The van der Waals surface area contributed by atoms with Crippen molar-refractivity contribution in [2.45, 2.75) is 0 Å². The van der Waals surface area contributed by atoms with Crippen molar-refractivity contribution in [1.82, 2.24) is 5.43 Å². The van der Waals surface area contributed by atoms with E-state index in [0.29, 0.717) is 17.1 Å². The average Bonchev–Trinajstić information content (AvgIpc) is 2.55. The van der Waals surface area contributed by atoms with Gasteiger partial charge < -0.3 is 9.47 Å². The Hall–Kier alpha value is -2.82. The number of para-hydroxylation sites is 1. The molecule has 0 aliphatic rings. The second-order valence-corrected chi connectivity index (χ2v) is 4.17. The lowest BCUT2D eigenvalue weighted by Crippen LogP contribution is -2.17. The molecule has 0 radical (unpaired) electrons. The molecule has 0 saturated heterocycles. The lowest BCUT2D eigenvalue weighted by Gasteiger charge is -2.04. The van der Waals surface area contributed by atoms with Crippen LogP contribution in [0.5, 0.6) is 11.5 Å². The molecule has 0 heterocycles. The van der Waals surface area contributed by atoms with Crippen LogP contribution in [0.1, 0.15) is 15.9 Å². The van der Waals surface area contributed by atoms with Crippen LogP contribution in [0, 0.1) is 0 Å². The Labute approximate surface area is 123 Å². The Morgan fingerprint density at radius 3 is 2.67 bits per heavy atom. The fourth-order valence-electron chi connectivity index (χ4n) is 1.76. The number of ether oxygens (including phenoxy) is 2. The van der Waals surface area contributed by atoms with Gasteiger partial charge in [0, 0.05) is 11.1 Å². The Morgan fingerprint density at radius 1 is 1.10 bits per heavy atom. The smallest absolute Gasteiger partial charge is 0.271 e. The maximum atomic E-state index is 11.9. The van der Waals surface area contributed by atoms with Crippen molar-refractivity contribution >= 4 is 12.1 Å². The summed E-state index contributed by atoms with van der Waals surface area (Å²) in [6.07, 6.45) is 1.54. The van der Waals surface area contributed by atoms with Crippen LogP contribution in [0.2, 0.25) is 0 Å². The zero-order valence-electron chi connectivity index (χ0n) is 11.9. The molecule has 2 rings (SSSR count). The first-order valence-electron chi connectivity index (χ1n) is 6.35. The van der Waals surface area contributed by atoms with Gasteiger partial charge in [-0.1, -0.05) is 18.2 Å². The molecule has 5 heteroatoms. The summed E-state index contributed by atoms with van der Waals surface area (Å²) in [6, 6.07) is 14.3. The number of benzene rings is 2. The predicted octanol–water partition coefficient (Wildman–Crippen LogP) is 2.47. The molecule has 21 heavy (non-hydrogen) atoms. The highest BCUT2D eigenvalue weighted by molar-refractivity contribution is 5.95. The zero-order valence-corrected chi connectivity index (χ0v) is 11.9. The molecular formula is C16H16N2O3. The highest BCUT2D eigenvalue weighted by Crippen LogP contribution is 2.15. The average molecular weight is 284 g/mol. The molecule has 1 amide bonds. The van der Waals surface area contributed by atoms with Gasteiger partial charge >= 0.3 is 0 Å². The van der Waals surface area contributed by atoms with E-state index >= 15 is 0 Å². The van der Waals surface area contributed by atoms with Gasteiger partial charge in [0.25, 0.3) is 5.91 Å². The van der Waals surface area contributed by atoms with E-state index in [1.54, 1.807) is 38.5 Å². The summed E-state index contributed by atoms with van der Waals surface area (Å²) < 4.78 is 10.3. The van der Waals surface area contributed by atoms with E-state index in [9.17, 15) is 4.79 Å². The number of nitrogens with one attached hydrogen (secondary N) is 1. The van der Waals surface area contributed by atoms with Crippen LogP contribution < -0.4 is 14.9 Å². The molecule has 0 aliphatic heterocycles. The minimum absolute atomic E-state index is 0.306. The lowest BCUT2D eigenvalue weighted by molar-refractivity contribution is 0.0955. The summed E-state index contributed by atoms with van der Waals surface area (Å²) in [5.74, 6) is 1.01. The molecular weight excluding hydrogens is 268 g/mol. The first-order chi connectivity index (χ1) is 10.2. The van der Waals surface area contributed by atoms with Gasteiger partial charge in [0.1, 0.15) is 11.5 Å². The maximum absolute atomic E-state index is 11.9. The molecule has 0 aromatic heterocycles. The Morgan fingerprint density at radius 2 is 1.90 bits per heavy atom. The van der Waals surface area contributed by atoms with Crippen molar-refractivity contribution in [2.24, 2.45) is 5.10 Å². The Balaban J connectivity index is 2.05. The summed E-state index contributed by atoms with van der Waals surface area (Å²) in [6.45, 7) is 0. The molecule has 2 aromatic carbocycles. The second kappa shape index (κ2) is 7.09. The maximum Gasteiger partial charge on any atom is 0.271 e. The molecule has 0 fully saturated rings. The van der Waals surface area contributed by atoms with Crippen LogP contribution in [0.25, 0.3) is 0 Å². The van der Waals surface area contributed by atoms with Crippen molar-refractivity contribution in [3.8, 4) is 11.5 Å². The molecule has 108 valence electrons. The Bertz CT molecular complexity index is 653. The van der Waals surface area contributed by atoms with Crippen LogP contribution in [0.4, 0.5) is 0 Å². The number of hydrogen-bond donors (Lipinski definition) is 1. The van der Waals surface area contributed by atoms with E-state index in [0.717, 1.165) is 5.56 Å². The number of methoxy groups -OCH3 is 2. The lowest BCUT2D eigenvalue weighted by atomic mass is 10.2. The molecule has 0 unspecified atom stereocenters. The summed E-state index contributed by atoms with van der Waals surface area (Å²) in [5.41, 5.74) is 3.73. The van der Waals surface area contributed by atoms with Crippen LogP contribution in [-0.4, -0.2) is 26.3 Å². The molecule has 0 saturated carbocycles. The summed E-state index contributed by atoms with van der Waals surface area (Å²) >= 11 is 0. The molecule has 0 atom stereocenters. The van der Waals surface area contributed by atoms with Crippen molar-refractivity contribution in [3.63, 3.8) is 0 Å². The van der Waals surface area contributed by atoms with Gasteiger partial charge in [-0.15, -0.1) is 0 Å². The first kappa shape index (κ1) is 14.6. The predicted molar refractivity (Wildman–Crippen MR) is 81.0 cm³/mol. The van der Waals surface area contributed by atoms with E-state index in [1.807, 2.05) is 24.3 Å². The molecule has 0 aliphatic carbocycles. The first-order valence-corrected chi connectivity index (χ1v) is 6.35. The standard InChI is InChI=1S/C16H16N2O3/c1-20-14-8-5-7-12(10-14)16(19)18-17-11-13-6-3-4-9-15(13)21-2/h3-11H,1-2H3,(H,18,19). The van der Waals surface area contributed by atoms with Gasteiger partial charge in [0.05, 0.1) is 20.4 Å². The van der Waals surface area contributed by atoms with Crippen LogP contribution in [0.3, 0.4) is 0 Å². The number of amides is 1.